The number of hydrogen-bond donors (Lipinski definition) is 2. The smallest absolute Gasteiger partial charge is 0.408 e. The van der Waals surface area contributed by atoms with Gasteiger partial charge in [0.2, 0.25) is 11.8 Å². The number of aromatic nitrogens is 1. The number of hydrogen-bond acceptors (Lipinski definition) is 4. The molecule has 0 radical (unpaired) electrons. The summed E-state index contributed by atoms with van der Waals surface area (Å²) in [5.74, 6) is -2.19. The highest BCUT2D eigenvalue weighted by Crippen LogP contribution is 2.13. The van der Waals surface area contributed by atoms with Crippen LogP contribution in [0.3, 0.4) is 0 Å². The van der Waals surface area contributed by atoms with E-state index in [0.717, 1.165) is 5.56 Å². The van der Waals surface area contributed by atoms with Crippen LogP contribution in [0.2, 0.25) is 0 Å². The molecule has 29 heavy (non-hydrogen) atoms. The molecule has 3 rings (SSSR count). The Bertz CT molecular complexity index is 1060. The van der Waals surface area contributed by atoms with Crippen molar-refractivity contribution < 1.29 is 18.4 Å². The Hall–Kier alpha value is -3.42. The van der Waals surface area contributed by atoms with Crippen molar-refractivity contribution in [3.8, 4) is 0 Å². The molecule has 0 saturated heterocycles. The first-order chi connectivity index (χ1) is 13.9. The summed E-state index contributed by atoms with van der Waals surface area (Å²) in [7, 11) is 0. The maximum atomic E-state index is 13.0. The second-order valence-electron chi connectivity index (χ2n) is 6.82. The number of nitrogens with one attached hydrogen (secondary N) is 1. The zero-order valence-corrected chi connectivity index (χ0v) is 15.8. The lowest BCUT2D eigenvalue weighted by Crippen LogP contribution is -2.37. The van der Waals surface area contributed by atoms with E-state index in [0.29, 0.717) is 30.5 Å². The Morgan fingerprint density at radius 3 is 2.59 bits per heavy atom. The highest BCUT2D eigenvalue weighted by atomic mass is 19.1. The summed E-state index contributed by atoms with van der Waals surface area (Å²) in [6.45, 7) is 0.443. The molecule has 0 spiro atoms. The summed E-state index contributed by atoms with van der Waals surface area (Å²) in [6, 6.07) is 12.9. The van der Waals surface area contributed by atoms with Gasteiger partial charge in [-0.25, -0.2) is 9.18 Å². The Labute approximate surface area is 166 Å². The largest absolute Gasteiger partial charge is 0.419 e. The van der Waals surface area contributed by atoms with Crippen molar-refractivity contribution in [1.82, 2.24) is 9.88 Å². The average Bonchev–Trinajstić information content (AvgIpc) is 3.01. The van der Waals surface area contributed by atoms with Crippen LogP contribution in [0.5, 0.6) is 0 Å². The predicted molar refractivity (Wildman–Crippen MR) is 106 cm³/mol. The molecule has 1 heterocycles. The van der Waals surface area contributed by atoms with Crippen LogP contribution >= 0.6 is 0 Å². The van der Waals surface area contributed by atoms with Gasteiger partial charge in [-0.3, -0.25) is 14.2 Å². The fourth-order valence-electron chi connectivity index (χ4n) is 3.13. The summed E-state index contributed by atoms with van der Waals surface area (Å²) in [6.07, 6.45) is 0.939. The average molecular weight is 399 g/mol. The van der Waals surface area contributed by atoms with E-state index >= 15 is 0 Å². The maximum absolute atomic E-state index is 13.0. The minimum absolute atomic E-state index is 0.0974. The van der Waals surface area contributed by atoms with Crippen LogP contribution in [-0.4, -0.2) is 22.9 Å². The zero-order valence-electron chi connectivity index (χ0n) is 15.8. The van der Waals surface area contributed by atoms with Gasteiger partial charge in [0.05, 0.1) is 11.4 Å². The Morgan fingerprint density at radius 2 is 1.86 bits per heavy atom. The van der Waals surface area contributed by atoms with Crippen LogP contribution in [0.4, 0.5) is 4.39 Å². The van der Waals surface area contributed by atoms with Gasteiger partial charge in [0.25, 0.3) is 0 Å². The molecule has 0 aliphatic heterocycles. The van der Waals surface area contributed by atoms with Crippen LogP contribution in [0.25, 0.3) is 11.1 Å². The third-order valence-corrected chi connectivity index (χ3v) is 4.70. The molecule has 0 aliphatic carbocycles. The summed E-state index contributed by atoms with van der Waals surface area (Å²) in [4.78, 5) is 35.7. The first-order valence-electron chi connectivity index (χ1n) is 9.33. The third-order valence-electron chi connectivity index (χ3n) is 4.70. The lowest BCUT2D eigenvalue weighted by molar-refractivity contribution is -0.123. The molecule has 7 nitrogen and oxygen atoms in total. The van der Waals surface area contributed by atoms with E-state index in [4.69, 9.17) is 10.2 Å². The molecule has 1 aromatic heterocycles. The van der Waals surface area contributed by atoms with Crippen LogP contribution in [0.15, 0.2) is 57.7 Å². The van der Waals surface area contributed by atoms with Crippen LogP contribution < -0.4 is 16.8 Å². The number of rotatable bonds is 9. The number of fused-ring (bicyclic) bond motifs is 1. The van der Waals surface area contributed by atoms with E-state index in [1.807, 2.05) is 6.07 Å². The van der Waals surface area contributed by atoms with E-state index in [-0.39, 0.29) is 24.7 Å². The Morgan fingerprint density at radius 1 is 1.14 bits per heavy atom. The van der Waals surface area contributed by atoms with Crippen LogP contribution in [0, 0.1) is 11.7 Å². The second kappa shape index (κ2) is 9.18. The number of nitrogens with two attached hydrogens (primary N) is 1. The number of aryl methyl sites for hydroxylation is 1. The molecule has 0 fully saturated rings. The van der Waals surface area contributed by atoms with Crippen molar-refractivity contribution >= 4 is 22.9 Å². The lowest BCUT2D eigenvalue weighted by atomic mass is 9.98. The van der Waals surface area contributed by atoms with E-state index < -0.39 is 17.6 Å². The van der Waals surface area contributed by atoms with Crippen molar-refractivity contribution in [3.63, 3.8) is 0 Å². The van der Waals surface area contributed by atoms with E-state index in [1.165, 1.54) is 16.7 Å². The number of oxazole rings is 1. The fraction of sp³-hybridized carbons (Fsp3) is 0.286. The number of nitrogens with zero attached hydrogens (tertiary/aromatic N) is 1. The molecule has 0 saturated carbocycles. The van der Waals surface area contributed by atoms with Gasteiger partial charge in [-0.2, -0.15) is 0 Å². The molecule has 2 aromatic carbocycles. The molecule has 0 bridgehead atoms. The molecular formula is C21H22FN3O4. The van der Waals surface area contributed by atoms with Gasteiger partial charge in [-0.15, -0.1) is 0 Å². The van der Waals surface area contributed by atoms with E-state index in [1.54, 1.807) is 30.3 Å². The first kappa shape index (κ1) is 20.3. The number of primary amides is 1. The predicted octanol–water partition coefficient (Wildman–Crippen LogP) is 1.97. The van der Waals surface area contributed by atoms with Crippen molar-refractivity contribution in [2.24, 2.45) is 11.7 Å². The third kappa shape index (κ3) is 5.31. The Balaban J connectivity index is 1.49. The number of halogens is 1. The molecule has 2 amide bonds. The molecule has 1 unspecified atom stereocenters. The SMILES string of the molecule is NC(=O)C(CNC(=O)CCCn1c(=O)oc2ccccc21)Cc1ccc(F)cc1. The molecule has 8 heteroatoms. The van der Waals surface area contributed by atoms with E-state index in [9.17, 15) is 18.8 Å². The molecule has 1 atom stereocenters. The van der Waals surface area contributed by atoms with Crippen molar-refractivity contribution in [1.29, 1.82) is 0 Å². The number of para-hydroxylation sites is 2. The first-order valence-corrected chi connectivity index (χ1v) is 9.33. The molecule has 3 aromatic rings. The fourth-order valence-corrected chi connectivity index (χ4v) is 3.13. The van der Waals surface area contributed by atoms with Gasteiger partial charge >= 0.3 is 5.76 Å². The van der Waals surface area contributed by atoms with Crippen LogP contribution in [0.1, 0.15) is 18.4 Å². The van der Waals surface area contributed by atoms with E-state index in [2.05, 4.69) is 5.32 Å². The van der Waals surface area contributed by atoms with Gasteiger partial charge in [0.15, 0.2) is 5.58 Å². The number of amides is 2. The van der Waals surface area contributed by atoms with Gasteiger partial charge < -0.3 is 15.5 Å². The highest BCUT2D eigenvalue weighted by molar-refractivity contribution is 5.80. The lowest BCUT2D eigenvalue weighted by Gasteiger charge is -2.14. The standard InChI is InChI=1S/C21H22FN3O4/c22-16-9-7-14(8-10-16)12-15(20(23)27)13-24-19(26)6-3-11-25-17-4-1-2-5-18(17)29-21(25)28/h1-2,4-5,7-10,15H,3,6,11-13H2,(H2,23,27)(H,24,26). The summed E-state index contributed by atoms with van der Waals surface area (Å²) < 4.78 is 19.6. The van der Waals surface area contributed by atoms with Gasteiger partial charge in [-0.1, -0.05) is 24.3 Å². The summed E-state index contributed by atoms with van der Waals surface area (Å²) in [5.41, 5.74) is 7.37. The highest BCUT2D eigenvalue weighted by Gasteiger charge is 2.17. The molecular weight excluding hydrogens is 377 g/mol. The van der Waals surface area contributed by atoms with Gasteiger partial charge in [0, 0.05) is 19.5 Å². The number of carbonyl (C=O) groups excluding carboxylic acids is 2. The van der Waals surface area contributed by atoms with Gasteiger partial charge in [0.1, 0.15) is 5.82 Å². The summed E-state index contributed by atoms with van der Waals surface area (Å²) in [5, 5.41) is 2.70. The van der Waals surface area contributed by atoms with Crippen molar-refractivity contribution in [2.75, 3.05) is 6.54 Å². The molecule has 3 N–H and O–H groups in total. The quantitative estimate of drug-likeness (QED) is 0.574. The van der Waals surface area contributed by atoms with Gasteiger partial charge in [-0.05, 0) is 42.7 Å². The zero-order chi connectivity index (χ0) is 20.8. The number of carbonyl (C=O) groups is 2. The Kier molecular flexibility index (Phi) is 6.43. The minimum atomic E-state index is -0.593. The second-order valence-corrected chi connectivity index (χ2v) is 6.82. The van der Waals surface area contributed by atoms with Crippen LogP contribution in [-0.2, 0) is 22.6 Å². The number of benzene rings is 2. The topological polar surface area (TPSA) is 107 Å². The monoisotopic (exact) mass is 399 g/mol. The summed E-state index contributed by atoms with van der Waals surface area (Å²) >= 11 is 0. The molecule has 152 valence electrons. The minimum Gasteiger partial charge on any atom is -0.408 e. The molecule has 0 aliphatic rings. The van der Waals surface area contributed by atoms with Crippen molar-refractivity contribution in [2.45, 2.75) is 25.8 Å². The van der Waals surface area contributed by atoms with Crippen molar-refractivity contribution in [3.05, 3.63) is 70.5 Å². The normalized spacial score (nSPS) is 12.0. The maximum Gasteiger partial charge on any atom is 0.419 e.